The average molecular weight is 289 g/mol. The Morgan fingerprint density at radius 2 is 2.10 bits per heavy atom. The number of aldehydes is 1. The quantitative estimate of drug-likeness (QED) is 0.480. The molecule has 0 amide bonds. The Labute approximate surface area is 120 Å². The zero-order valence-electron chi connectivity index (χ0n) is 11.2. The second-order valence-corrected chi connectivity index (χ2v) is 4.44. The molecule has 0 fully saturated rings. The highest BCUT2D eigenvalue weighted by molar-refractivity contribution is 5.80. The number of hydrogen-bond acceptors (Lipinski definition) is 4. The highest BCUT2D eigenvalue weighted by Crippen LogP contribution is 2.24. The van der Waals surface area contributed by atoms with E-state index in [-0.39, 0.29) is 6.61 Å². The molecule has 0 radical (unpaired) electrons. The standard InChI is InChI=1S/C15H12FNO4/c1-10-3-2-4-12(8-18)15(10)21-9-11-5-6-14(17(19)20)13(16)7-11/h2-8H,9H2,1H3. The average Bonchev–Trinajstić information content (AvgIpc) is 2.45. The molecule has 0 bridgehead atoms. The van der Waals surface area contributed by atoms with Gasteiger partial charge in [0.05, 0.1) is 10.5 Å². The van der Waals surface area contributed by atoms with E-state index in [0.29, 0.717) is 23.2 Å². The Balaban J connectivity index is 2.19. The lowest BCUT2D eigenvalue weighted by Gasteiger charge is -2.11. The zero-order valence-corrected chi connectivity index (χ0v) is 11.2. The molecule has 0 unspecified atom stereocenters. The second-order valence-electron chi connectivity index (χ2n) is 4.44. The number of para-hydroxylation sites is 1. The molecule has 2 aromatic rings. The molecule has 0 aliphatic carbocycles. The summed E-state index contributed by atoms with van der Waals surface area (Å²) in [7, 11) is 0. The van der Waals surface area contributed by atoms with E-state index >= 15 is 0 Å². The van der Waals surface area contributed by atoms with Gasteiger partial charge in [0.2, 0.25) is 5.82 Å². The molecule has 2 rings (SSSR count). The van der Waals surface area contributed by atoms with E-state index in [2.05, 4.69) is 0 Å². The summed E-state index contributed by atoms with van der Waals surface area (Å²) in [6.45, 7) is 1.80. The van der Waals surface area contributed by atoms with Crippen LogP contribution < -0.4 is 4.74 Å². The van der Waals surface area contributed by atoms with Crippen molar-refractivity contribution in [3.05, 3.63) is 69.0 Å². The summed E-state index contributed by atoms with van der Waals surface area (Å²) >= 11 is 0. The molecular formula is C15H12FNO4. The Morgan fingerprint density at radius 3 is 2.71 bits per heavy atom. The Hall–Kier alpha value is -2.76. The first kappa shape index (κ1) is 14.6. The van der Waals surface area contributed by atoms with Crippen molar-refractivity contribution in [1.82, 2.24) is 0 Å². The van der Waals surface area contributed by atoms with E-state index in [9.17, 15) is 19.3 Å². The number of nitro benzene ring substituents is 1. The van der Waals surface area contributed by atoms with Gasteiger partial charge in [-0.25, -0.2) is 0 Å². The van der Waals surface area contributed by atoms with E-state index in [4.69, 9.17) is 4.74 Å². The van der Waals surface area contributed by atoms with Crippen molar-refractivity contribution in [2.45, 2.75) is 13.5 Å². The molecule has 0 N–H and O–H groups in total. The van der Waals surface area contributed by atoms with Gasteiger partial charge >= 0.3 is 5.69 Å². The Bertz CT molecular complexity index is 700. The fraction of sp³-hybridized carbons (Fsp3) is 0.133. The second kappa shape index (κ2) is 6.13. The third-order valence-electron chi connectivity index (χ3n) is 2.96. The van der Waals surface area contributed by atoms with Crippen molar-refractivity contribution in [2.24, 2.45) is 0 Å². The van der Waals surface area contributed by atoms with Crippen LogP contribution in [0, 0.1) is 22.9 Å². The lowest BCUT2D eigenvalue weighted by molar-refractivity contribution is -0.387. The zero-order chi connectivity index (χ0) is 15.4. The first-order valence-electron chi connectivity index (χ1n) is 6.13. The minimum atomic E-state index is -0.915. The summed E-state index contributed by atoms with van der Waals surface area (Å²) in [4.78, 5) is 20.7. The largest absolute Gasteiger partial charge is 0.488 e. The maximum atomic E-state index is 13.5. The molecule has 0 heterocycles. The summed E-state index contributed by atoms with van der Waals surface area (Å²) < 4.78 is 19.0. The van der Waals surface area contributed by atoms with Crippen molar-refractivity contribution < 1.29 is 18.8 Å². The molecule has 0 aliphatic rings. The third kappa shape index (κ3) is 3.22. The molecule has 0 aromatic heterocycles. The lowest BCUT2D eigenvalue weighted by atomic mass is 10.1. The summed E-state index contributed by atoms with van der Waals surface area (Å²) in [5, 5.41) is 10.5. The van der Waals surface area contributed by atoms with Gasteiger partial charge in [0, 0.05) is 6.07 Å². The van der Waals surface area contributed by atoms with Gasteiger partial charge in [-0.2, -0.15) is 4.39 Å². The monoisotopic (exact) mass is 289 g/mol. The SMILES string of the molecule is Cc1cccc(C=O)c1OCc1ccc([N+](=O)[O-])c(F)c1. The predicted octanol–water partition coefficient (Wildman–Crippen LogP) is 3.43. The van der Waals surface area contributed by atoms with Crippen molar-refractivity contribution in [3.63, 3.8) is 0 Å². The normalized spacial score (nSPS) is 10.2. The van der Waals surface area contributed by atoms with Crippen LogP contribution in [0.2, 0.25) is 0 Å². The number of carbonyl (C=O) groups is 1. The fourth-order valence-electron chi connectivity index (χ4n) is 1.91. The number of carbonyl (C=O) groups excluding carboxylic acids is 1. The maximum absolute atomic E-state index is 13.5. The number of halogens is 1. The van der Waals surface area contributed by atoms with Crippen LogP contribution in [0.25, 0.3) is 0 Å². The summed E-state index contributed by atoms with van der Waals surface area (Å²) in [6.07, 6.45) is 0.679. The van der Waals surface area contributed by atoms with E-state index in [1.54, 1.807) is 25.1 Å². The highest BCUT2D eigenvalue weighted by Gasteiger charge is 2.14. The Kier molecular flexibility index (Phi) is 4.27. The summed E-state index contributed by atoms with van der Waals surface area (Å²) in [6, 6.07) is 8.70. The number of aryl methyl sites for hydroxylation is 1. The minimum Gasteiger partial charge on any atom is -0.488 e. The highest BCUT2D eigenvalue weighted by atomic mass is 19.1. The van der Waals surface area contributed by atoms with Crippen LogP contribution >= 0.6 is 0 Å². The predicted molar refractivity (Wildman–Crippen MR) is 74.0 cm³/mol. The fourth-order valence-corrected chi connectivity index (χ4v) is 1.91. The molecule has 0 atom stereocenters. The van der Waals surface area contributed by atoms with Crippen LogP contribution in [0.1, 0.15) is 21.5 Å². The van der Waals surface area contributed by atoms with Crippen molar-refractivity contribution in [3.8, 4) is 5.75 Å². The molecular weight excluding hydrogens is 277 g/mol. The molecule has 6 heteroatoms. The van der Waals surface area contributed by atoms with Gasteiger partial charge in [0.15, 0.2) is 6.29 Å². The first-order chi connectivity index (χ1) is 10.0. The van der Waals surface area contributed by atoms with Crippen molar-refractivity contribution >= 4 is 12.0 Å². The molecule has 0 spiro atoms. The van der Waals surface area contributed by atoms with E-state index in [1.807, 2.05) is 0 Å². The molecule has 0 aliphatic heterocycles. The van der Waals surface area contributed by atoms with Gasteiger partial charge in [-0.3, -0.25) is 14.9 Å². The number of benzene rings is 2. The number of hydrogen-bond donors (Lipinski definition) is 0. The molecule has 2 aromatic carbocycles. The van der Waals surface area contributed by atoms with Crippen molar-refractivity contribution in [2.75, 3.05) is 0 Å². The third-order valence-corrected chi connectivity index (χ3v) is 2.96. The van der Waals surface area contributed by atoms with Gasteiger partial charge in [-0.05, 0) is 36.2 Å². The summed E-state index contributed by atoms with van der Waals surface area (Å²) in [5.74, 6) is -0.493. The van der Waals surface area contributed by atoms with Crippen LogP contribution in [0.5, 0.6) is 5.75 Å². The molecule has 108 valence electrons. The number of nitro groups is 1. The molecule has 0 saturated carbocycles. The molecule has 5 nitrogen and oxygen atoms in total. The smallest absolute Gasteiger partial charge is 0.304 e. The van der Waals surface area contributed by atoms with Crippen molar-refractivity contribution in [1.29, 1.82) is 0 Å². The van der Waals surface area contributed by atoms with Gasteiger partial charge < -0.3 is 4.74 Å². The van der Waals surface area contributed by atoms with E-state index in [0.717, 1.165) is 17.7 Å². The first-order valence-corrected chi connectivity index (χ1v) is 6.13. The lowest BCUT2D eigenvalue weighted by Crippen LogP contribution is -2.01. The topological polar surface area (TPSA) is 69.4 Å². The number of nitrogens with zero attached hydrogens (tertiary/aromatic N) is 1. The van der Waals surface area contributed by atoms with Gasteiger partial charge in [0.1, 0.15) is 12.4 Å². The molecule has 0 saturated heterocycles. The molecule has 21 heavy (non-hydrogen) atoms. The van der Waals surface area contributed by atoms with Crippen LogP contribution in [0.3, 0.4) is 0 Å². The summed E-state index contributed by atoms with van der Waals surface area (Å²) in [5.41, 5.74) is 1.04. The van der Waals surface area contributed by atoms with Crippen LogP contribution in [0.15, 0.2) is 36.4 Å². The number of ether oxygens (including phenoxy) is 1. The maximum Gasteiger partial charge on any atom is 0.304 e. The minimum absolute atomic E-state index is 0.0145. The van der Waals surface area contributed by atoms with E-state index in [1.165, 1.54) is 6.07 Å². The van der Waals surface area contributed by atoms with Crippen LogP contribution in [0.4, 0.5) is 10.1 Å². The van der Waals surface area contributed by atoms with Gasteiger partial charge in [-0.1, -0.05) is 12.1 Å². The number of rotatable bonds is 5. The van der Waals surface area contributed by atoms with Crippen LogP contribution in [-0.4, -0.2) is 11.2 Å². The van der Waals surface area contributed by atoms with Gasteiger partial charge in [0.25, 0.3) is 0 Å². The van der Waals surface area contributed by atoms with E-state index < -0.39 is 16.4 Å². The Morgan fingerprint density at radius 1 is 1.33 bits per heavy atom. The van der Waals surface area contributed by atoms with Gasteiger partial charge in [-0.15, -0.1) is 0 Å². The van der Waals surface area contributed by atoms with Crippen LogP contribution in [-0.2, 0) is 6.61 Å².